The second-order valence-electron chi connectivity index (χ2n) is 8.17. The minimum absolute atomic E-state index is 0.934. The van der Waals surface area contributed by atoms with E-state index in [4.69, 9.17) is 0 Å². The van der Waals surface area contributed by atoms with Crippen molar-refractivity contribution in [3.05, 3.63) is 96.1 Å². The highest BCUT2D eigenvalue weighted by molar-refractivity contribution is 5.83. The summed E-state index contributed by atoms with van der Waals surface area (Å²) in [5.41, 5.74) is 2.70. The van der Waals surface area contributed by atoms with Crippen LogP contribution >= 0.6 is 0 Å². The molecule has 0 bridgehead atoms. The van der Waals surface area contributed by atoms with Crippen LogP contribution in [0.25, 0.3) is 21.5 Å². The van der Waals surface area contributed by atoms with Gasteiger partial charge in [-0.25, -0.2) is 0 Å². The van der Waals surface area contributed by atoms with Crippen molar-refractivity contribution in [3.8, 4) is 0 Å². The third-order valence-corrected chi connectivity index (χ3v) is 5.70. The number of rotatable bonds is 12. The summed E-state index contributed by atoms with van der Waals surface area (Å²) in [5.74, 6) is 0. The molecule has 0 radical (unpaired) electrons. The molecule has 0 spiro atoms. The van der Waals surface area contributed by atoms with Crippen molar-refractivity contribution in [1.29, 1.82) is 0 Å². The molecule has 0 fully saturated rings. The zero-order valence-electron chi connectivity index (χ0n) is 18.2. The molecule has 3 N–H and O–H groups in total. The lowest BCUT2D eigenvalue weighted by Crippen LogP contribution is -2.25. The van der Waals surface area contributed by atoms with Crippen LogP contribution in [-0.2, 0) is 13.1 Å². The topological polar surface area (TPSA) is 36.1 Å². The van der Waals surface area contributed by atoms with Gasteiger partial charge in [0, 0.05) is 13.1 Å². The molecular weight excluding hydrogens is 378 g/mol. The van der Waals surface area contributed by atoms with Crippen LogP contribution in [0.1, 0.15) is 24.0 Å². The lowest BCUT2D eigenvalue weighted by molar-refractivity contribution is 0.565. The smallest absolute Gasteiger partial charge is 0.0205 e. The van der Waals surface area contributed by atoms with E-state index < -0.39 is 0 Å². The Morgan fingerprint density at radius 1 is 0.419 bits per heavy atom. The van der Waals surface area contributed by atoms with E-state index in [1.165, 1.54) is 32.7 Å². The van der Waals surface area contributed by atoms with Crippen LogP contribution in [0.2, 0.25) is 0 Å². The van der Waals surface area contributed by atoms with E-state index in [9.17, 15) is 0 Å². The van der Waals surface area contributed by atoms with Crippen LogP contribution in [0.15, 0.2) is 84.9 Å². The van der Waals surface area contributed by atoms with Gasteiger partial charge in [0.15, 0.2) is 0 Å². The first kappa shape index (κ1) is 21.5. The summed E-state index contributed by atoms with van der Waals surface area (Å²) in [6, 6.07) is 30.5. The number of nitrogens with one attached hydrogen (secondary N) is 3. The molecule has 0 aliphatic rings. The van der Waals surface area contributed by atoms with Crippen LogP contribution in [-0.4, -0.2) is 26.2 Å². The highest BCUT2D eigenvalue weighted by Crippen LogP contribution is 2.16. The first-order valence-electron chi connectivity index (χ1n) is 11.5. The van der Waals surface area contributed by atoms with E-state index in [0.717, 1.165) is 52.1 Å². The summed E-state index contributed by atoms with van der Waals surface area (Å²) in [7, 11) is 0. The van der Waals surface area contributed by atoms with Crippen LogP contribution < -0.4 is 16.0 Å². The summed E-state index contributed by atoms with van der Waals surface area (Å²) >= 11 is 0. The molecule has 3 heteroatoms. The lowest BCUT2D eigenvalue weighted by Gasteiger charge is -2.09. The Bertz CT molecular complexity index is 1000. The zero-order valence-corrected chi connectivity index (χ0v) is 18.2. The summed E-state index contributed by atoms with van der Waals surface area (Å²) in [5, 5.41) is 15.9. The highest BCUT2D eigenvalue weighted by Gasteiger charge is 1.98. The Hall–Kier alpha value is -2.72. The molecule has 0 saturated heterocycles. The van der Waals surface area contributed by atoms with Gasteiger partial charge < -0.3 is 16.0 Å². The van der Waals surface area contributed by atoms with Crippen molar-refractivity contribution in [2.45, 2.75) is 25.9 Å². The highest BCUT2D eigenvalue weighted by atomic mass is 14.9. The van der Waals surface area contributed by atoms with Gasteiger partial charge in [0.05, 0.1) is 0 Å². The van der Waals surface area contributed by atoms with E-state index in [0.29, 0.717) is 0 Å². The monoisotopic (exact) mass is 411 g/mol. The maximum Gasteiger partial charge on any atom is 0.0205 e. The first-order valence-corrected chi connectivity index (χ1v) is 11.5. The fraction of sp³-hybridized carbons (Fsp3) is 0.286. The van der Waals surface area contributed by atoms with Gasteiger partial charge in [0.2, 0.25) is 0 Å². The Morgan fingerprint density at radius 3 is 1.32 bits per heavy atom. The fourth-order valence-electron chi connectivity index (χ4n) is 3.96. The summed E-state index contributed by atoms with van der Waals surface area (Å²) in [4.78, 5) is 0. The van der Waals surface area contributed by atoms with Crippen LogP contribution in [0.5, 0.6) is 0 Å². The molecule has 3 nitrogen and oxygen atoms in total. The van der Waals surface area contributed by atoms with Crippen molar-refractivity contribution in [2.24, 2.45) is 0 Å². The van der Waals surface area contributed by atoms with Crippen molar-refractivity contribution in [2.75, 3.05) is 26.2 Å². The van der Waals surface area contributed by atoms with E-state index in [1.807, 2.05) is 0 Å². The number of benzene rings is 4. The predicted molar refractivity (Wildman–Crippen MR) is 133 cm³/mol. The molecule has 4 aromatic carbocycles. The van der Waals surface area contributed by atoms with E-state index in [2.05, 4.69) is 101 Å². The summed E-state index contributed by atoms with van der Waals surface area (Å²) < 4.78 is 0. The van der Waals surface area contributed by atoms with Crippen LogP contribution in [0.4, 0.5) is 0 Å². The molecular formula is C28H33N3. The second-order valence-corrected chi connectivity index (χ2v) is 8.17. The predicted octanol–water partition coefficient (Wildman–Crippen LogP) is 5.24. The van der Waals surface area contributed by atoms with E-state index in [-0.39, 0.29) is 0 Å². The van der Waals surface area contributed by atoms with Gasteiger partial charge in [-0.3, -0.25) is 0 Å². The number of hydrogen-bond acceptors (Lipinski definition) is 3. The minimum Gasteiger partial charge on any atom is -0.317 e. The Kier molecular flexibility index (Phi) is 8.06. The number of fused-ring (bicyclic) bond motifs is 2. The lowest BCUT2D eigenvalue weighted by atomic mass is 10.1. The van der Waals surface area contributed by atoms with Gasteiger partial charge in [-0.05, 0) is 83.8 Å². The van der Waals surface area contributed by atoms with Gasteiger partial charge in [-0.1, -0.05) is 72.8 Å². The Morgan fingerprint density at radius 2 is 0.839 bits per heavy atom. The van der Waals surface area contributed by atoms with E-state index >= 15 is 0 Å². The van der Waals surface area contributed by atoms with Crippen molar-refractivity contribution >= 4 is 21.5 Å². The molecule has 160 valence electrons. The molecule has 0 saturated carbocycles. The standard InChI is InChI=1S/C28H33N3/c1-3-9-27-19-23(11-13-25(27)7-1)21-30-17-5-15-29-16-6-18-31-22-24-12-14-26-8-2-4-10-28(26)20-24/h1-4,7-14,19-20,29-31H,5-6,15-18,21-22H2. The first-order chi connectivity index (χ1) is 15.4. The molecule has 0 aliphatic heterocycles. The Labute approximate surface area is 185 Å². The fourth-order valence-corrected chi connectivity index (χ4v) is 3.96. The molecule has 4 rings (SSSR count). The molecule has 0 atom stereocenters. The van der Waals surface area contributed by atoms with Crippen molar-refractivity contribution < 1.29 is 0 Å². The average Bonchev–Trinajstić information content (AvgIpc) is 2.82. The largest absolute Gasteiger partial charge is 0.317 e. The molecule has 0 amide bonds. The molecule has 0 heterocycles. The minimum atomic E-state index is 0.934. The van der Waals surface area contributed by atoms with Gasteiger partial charge in [-0.15, -0.1) is 0 Å². The molecule has 31 heavy (non-hydrogen) atoms. The summed E-state index contributed by atoms with van der Waals surface area (Å²) in [6.45, 7) is 6.08. The van der Waals surface area contributed by atoms with Gasteiger partial charge >= 0.3 is 0 Å². The molecule has 4 aromatic rings. The van der Waals surface area contributed by atoms with E-state index in [1.54, 1.807) is 0 Å². The van der Waals surface area contributed by atoms with Gasteiger partial charge in [0.25, 0.3) is 0 Å². The maximum absolute atomic E-state index is 3.56. The average molecular weight is 412 g/mol. The van der Waals surface area contributed by atoms with Gasteiger partial charge in [-0.2, -0.15) is 0 Å². The summed E-state index contributed by atoms with van der Waals surface area (Å²) in [6.07, 6.45) is 2.30. The quantitative estimate of drug-likeness (QED) is 0.279. The Balaban J connectivity index is 1.02. The number of hydrogen-bond donors (Lipinski definition) is 3. The van der Waals surface area contributed by atoms with Gasteiger partial charge in [0.1, 0.15) is 0 Å². The molecule has 0 unspecified atom stereocenters. The molecule has 0 aliphatic carbocycles. The SMILES string of the molecule is c1ccc2cc(CNCCCNCCCNCc3ccc4ccccc4c3)ccc2c1. The normalized spacial score (nSPS) is 11.4. The molecule has 0 aromatic heterocycles. The van der Waals surface area contributed by atoms with Crippen molar-refractivity contribution in [3.63, 3.8) is 0 Å². The van der Waals surface area contributed by atoms with Crippen LogP contribution in [0.3, 0.4) is 0 Å². The van der Waals surface area contributed by atoms with Crippen LogP contribution in [0, 0.1) is 0 Å². The maximum atomic E-state index is 3.56. The third-order valence-electron chi connectivity index (χ3n) is 5.70. The second kappa shape index (κ2) is 11.6. The zero-order chi connectivity index (χ0) is 21.1. The third kappa shape index (κ3) is 6.63. The van der Waals surface area contributed by atoms with Crippen molar-refractivity contribution in [1.82, 2.24) is 16.0 Å².